The number of nitrogens with two attached hydrogens (primary N) is 1. The van der Waals surface area contributed by atoms with Crippen LogP contribution in [0.1, 0.15) is 23.9 Å². The van der Waals surface area contributed by atoms with Gasteiger partial charge < -0.3 is 10.7 Å². The summed E-state index contributed by atoms with van der Waals surface area (Å²) in [4.78, 5) is 8.67. The van der Waals surface area contributed by atoms with Crippen LogP contribution in [-0.2, 0) is 6.42 Å². The third kappa shape index (κ3) is 2.70. The van der Waals surface area contributed by atoms with Crippen molar-refractivity contribution in [3.8, 4) is 0 Å². The molecule has 0 bridgehead atoms. The van der Waals surface area contributed by atoms with E-state index in [0.717, 1.165) is 11.1 Å². The standard InChI is InChI=1S/C14H18FN5/c1-4-11-17-13(9(3)14(18-11)20-16)19-12-8(2)6-5-7-10(12)15/h5-7H,4,16H2,1-3H3,(H2,17,18,19,20). The summed E-state index contributed by atoms with van der Waals surface area (Å²) >= 11 is 0. The van der Waals surface area contributed by atoms with E-state index in [1.165, 1.54) is 6.07 Å². The van der Waals surface area contributed by atoms with Crippen LogP contribution in [0.25, 0.3) is 0 Å². The molecule has 0 aliphatic rings. The third-order valence-electron chi connectivity index (χ3n) is 3.11. The quantitative estimate of drug-likeness (QED) is 0.591. The molecular formula is C14H18FN5. The average molecular weight is 275 g/mol. The number of aryl methyl sites for hydroxylation is 2. The second-order valence-corrected chi connectivity index (χ2v) is 4.52. The van der Waals surface area contributed by atoms with E-state index >= 15 is 0 Å². The Morgan fingerprint density at radius 3 is 2.50 bits per heavy atom. The van der Waals surface area contributed by atoms with Crippen molar-refractivity contribution in [2.45, 2.75) is 27.2 Å². The van der Waals surface area contributed by atoms with Crippen molar-refractivity contribution >= 4 is 17.3 Å². The smallest absolute Gasteiger partial charge is 0.148 e. The number of nitrogen functional groups attached to an aromatic ring is 1. The molecule has 5 nitrogen and oxygen atoms in total. The number of nitrogens with zero attached hydrogens (tertiary/aromatic N) is 2. The Kier molecular flexibility index (Phi) is 4.14. The molecule has 0 saturated heterocycles. The zero-order valence-electron chi connectivity index (χ0n) is 11.8. The van der Waals surface area contributed by atoms with Gasteiger partial charge in [0.2, 0.25) is 0 Å². The van der Waals surface area contributed by atoms with Crippen LogP contribution in [0.15, 0.2) is 18.2 Å². The van der Waals surface area contributed by atoms with E-state index in [0.29, 0.717) is 29.6 Å². The number of aromatic nitrogens is 2. The maximum atomic E-state index is 13.9. The van der Waals surface area contributed by atoms with Crippen molar-refractivity contribution in [1.29, 1.82) is 0 Å². The van der Waals surface area contributed by atoms with Crippen LogP contribution < -0.4 is 16.6 Å². The van der Waals surface area contributed by atoms with Gasteiger partial charge in [0.25, 0.3) is 0 Å². The van der Waals surface area contributed by atoms with Gasteiger partial charge in [-0.2, -0.15) is 0 Å². The molecule has 6 heteroatoms. The van der Waals surface area contributed by atoms with Crippen LogP contribution in [0.4, 0.5) is 21.7 Å². The Morgan fingerprint density at radius 2 is 1.90 bits per heavy atom. The summed E-state index contributed by atoms with van der Waals surface area (Å²) in [5.74, 6) is 6.87. The van der Waals surface area contributed by atoms with Crippen molar-refractivity contribution in [3.63, 3.8) is 0 Å². The van der Waals surface area contributed by atoms with Crippen molar-refractivity contribution < 1.29 is 4.39 Å². The number of anilines is 3. The van der Waals surface area contributed by atoms with E-state index in [4.69, 9.17) is 5.84 Å². The SMILES string of the molecule is CCc1nc(NN)c(C)c(Nc2c(C)cccc2F)n1. The van der Waals surface area contributed by atoms with E-state index in [1.54, 1.807) is 6.07 Å². The molecule has 1 heterocycles. The van der Waals surface area contributed by atoms with Gasteiger partial charge in [0.15, 0.2) is 0 Å². The molecule has 106 valence electrons. The van der Waals surface area contributed by atoms with Gasteiger partial charge in [-0.3, -0.25) is 0 Å². The highest BCUT2D eigenvalue weighted by atomic mass is 19.1. The van der Waals surface area contributed by atoms with E-state index in [2.05, 4.69) is 20.7 Å². The molecule has 4 N–H and O–H groups in total. The van der Waals surface area contributed by atoms with Crippen LogP contribution >= 0.6 is 0 Å². The van der Waals surface area contributed by atoms with Crippen LogP contribution in [0.3, 0.4) is 0 Å². The van der Waals surface area contributed by atoms with E-state index < -0.39 is 0 Å². The first kappa shape index (κ1) is 14.2. The van der Waals surface area contributed by atoms with Crippen molar-refractivity contribution in [1.82, 2.24) is 9.97 Å². The summed E-state index contributed by atoms with van der Waals surface area (Å²) in [7, 11) is 0. The minimum Gasteiger partial charge on any atom is -0.337 e. The van der Waals surface area contributed by atoms with E-state index in [1.807, 2.05) is 26.8 Å². The normalized spacial score (nSPS) is 10.4. The first-order valence-electron chi connectivity index (χ1n) is 6.43. The molecule has 0 unspecified atom stereocenters. The second-order valence-electron chi connectivity index (χ2n) is 4.52. The highest BCUT2D eigenvalue weighted by Gasteiger charge is 2.12. The zero-order chi connectivity index (χ0) is 14.7. The molecule has 0 radical (unpaired) electrons. The summed E-state index contributed by atoms with van der Waals surface area (Å²) < 4.78 is 13.9. The summed E-state index contributed by atoms with van der Waals surface area (Å²) in [6.07, 6.45) is 0.667. The van der Waals surface area contributed by atoms with Crippen LogP contribution in [0, 0.1) is 19.7 Å². The maximum absolute atomic E-state index is 13.9. The van der Waals surface area contributed by atoms with E-state index in [9.17, 15) is 4.39 Å². The Balaban J connectivity index is 2.48. The molecule has 0 atom stereocenters. The van der Waals surface area contributed by atoms with Gasteiger partial charge in [-0.15, -0.1) is 0 Å². The van der Waals surface area contributed by atoms with Crippen LogP contribution in [0.5, 0.6) is 0 Å². The molecule has 2 rings (SSSR count). The largest absolute Gasteiger partial charge is 0.337 e. The number of para-hydroxylation sites is 1. The molecule has 0 fully saturated rings. The lowest BCUT2D eigenvalue weighted by Crippen LogP contribution is -2.14. The highest BCUT2D eigenvalue weighted by molar-refractivity contribution is 5.67. The predicted octanol–water partition coefficient (Wildman–Crippen LogP) is 2.82. The third-order valence-corrected chi connectivity index (χ3v) is 3.11. The Hall–Kier alpha value is -2.21. The van der Waals surface area contributed by atoms with Gasteiger partial charge in [0.1, 0.15) is 23.3 Å². The number of hydrogen-bond donors (Lipinski definition) is 3. The van der Waals surface area contributed by atoms with Crippen LogP contribution in [0.2, 0.25) is 0 Å². The Morgan fingerprint density at radius 1 is 1.20 bits per heavy atom. The fourth-order valence-corrected chi connectivity index (χ4v) is 1.89. The van der Waals surface area contributed by atoms with Gasteiger partial charge in [-0.1, -0.05) is 19.1 Å². The molecule has 0 aliphatic heterocycles. The van der Waals surface area contributed by atoms with Crippen LogP contribution in [-0.4, -0.2) is 9.97 Å². The number of rotatable bonds is 4. The average Bonchev–Trinajstić information content (AvgIpc) is 2.44. The Labute approximate surface area is 117 Å². The fraction of sp³-hybridized carbons (Fsp3) is 0.286. The lowest BCUT2D eigenvalue weighted by Gasteiger charge is -2.15. The number of halogens is 1. The van der Waals surface area contributed by atoms with Crippen molar-refractivity contribution in [2.24, 2.45) is 5.84 Å². The Bertz CT molecular complexity index is 607. The van der Waals surface area contributed by atoms with Gasteiger partial charge in [-0.25, -0.2) is 20.2 Å². The lowest BCUT2D eigenvalue weighted by molar-refractivity contribution is 0.630. The minimum atomic E-state index is -0.316. The first-order chi connectivity index (χ1) is 9.56. The number of nitrogens with one attached hydrogen (secondary N) is 2. The second kappa shape index (κ2) is 5.83. The molecule has 0 aliphatic carbocycles. The minimum absolute atomic E-state index is 0.316. The van der Waals surface area contributed by atoms with Crippen molar-refractivity contribution in [2.75, 3.05) is 10.7 Å². The molecular weight excluding hydrogens is 257 g/mol. The topological polar surface area (TPSA) is 75.9 Å². The highest BCUT2D eigenvalue weighted by Crippen LogP contribution is 2.27. The lowest BCUT2D eigenvalue weighted by atomic mass is 10.2. The molecule has 0 amide bonds. The zero-order valence-corrected chi connectivity index (χ0v) is 11.8. The fourth-order valence-electron chi connectivity index (χ4n) is 1.89. The van der Waals surface area contributed by atoms with Crippen molar-refractivity contribution in [3.05, 3.63) is 41.0 Å². The first-order valence-corrected chi connectivity index (χ1v) is 6.43. The predicted molar refractivity (Wildman–Crippen MR) is 78.4 cm³/mol. The summed E-state index contributed by atoms with van der Waals surface area (Å²) in [6, 6.07) is 4.92. The van der Waals surface area contributed by atoms with Gasteiger partial charge >= 0.3 is 0 Å². The maximum Gasteiger partial charge on any atom is 0.148 e. The van der Waals surface area contributed by atoms with Gasteiger partial charge in [0.05, 0.1) is 5.69 Å². The molecule has 20 heavy (non-hydrogen) atoms. The molecule has 2 aromatic rings. The van der Waals surface area contributed by atoms with E-state index in [-0.39, 0.29) is 5.82 Å². The van der Waals surface area contributed by atoms with Gasteiger partial charge in [-0.05, 0) is 25.5 Å². The molecule has 1 aromatic heterocycles. The molecule has 0 saturated carbocycles. The number of hydrazine groups is 1. The molecule has 0 spiro atoms. The monoisotopic (exact) mass is 275 g/mol. The van der Waals surface area contributed by atoms with Gasteiger partial charge in [0, 0.05) is 12.0 Å². The molecule has 1 aromatic carbocycles. The summed E-state index contributed by atoms with van der Waals surface area (Å²) in [6.45, 7) is 5.61. The summed E-state index contributed by atoms with van der Waals surface area (Å²) in [5.41, 5.74) is 4.51. The number of benzene rings is 1. The number of hydrogen-bond acceptors (Lipinski definition) is 5. The summed E-state index contributed by atoms with van der Waals surface area (Å²) in [5, 5.41) is 3.04.